The van der Waals surface area contributed by atoms with Crippen LogP contribution in [0.1, 0.15) is 20.8 Å². The number of hydrogen-bond acceptors (Lipinski definition) is 1. The van der Waals surface area contributed by atoms with Gasteiger partial charge in [-0.1, -0.05) is 44.2 Å². The normalized spacial score (nSPS) is 11.7. The predicted octanol–water partition coefficient (Wildman–Crippen LogP) is 1.04. The van der Waals surface area contributed by atoms with E-state index in [4.69, 9.17) is 0 Å². The van der Waals surface area contributed by atoms with Crippen molar-refractivity contribution >= 4 is 18.1 Å². The van der Waals surface area contributed by atoms with Gasteiger partial charge in [0.05, 0.1) is 0 Å². The van der Waals surface area contributed by atoms with Crippen LogP contribution in [0.25, 0.3) is 12.2 Å². The molecule has 2 heteroatoms. The van der Waals surface area contributed by atoms with E-state index < -0.39 is 0 Å². The zero-order valence-corrected chi connectivity index (χ0v) is 9.87. The molecule has 2 nitrogen and oxygen atoms in total. The van der Waals surface area contributed by atoms with Crippen molar-refractivity contribution in [3.63, 3.8) is 0 Å². The van der Waals surface area contributed by atoms with Crippen molar-refractivity contribution < 1.29 is 4.79 Å². The Morgan fingerprint density at radius 3 is 2.20 bits per heavy atom. The minimum atomic E-state index is -0.0747. The minimum Gasteiger partial charge on any atom is -0.356 e. The van der Waals surface area contributed by atoms with Crippen molar-refractivity contribution in [3.8, 4) is 0 Å². The number of carbonyl (C=O) groups excluding carboxylic acids is 1. The molecule has 1 aromatic rings. The molecule has 15 heavy (non-hydrogen) atoms. The Balaban J connectivity index is 0.000000921. The van der Waals surface area contributed by atoms with Crippen LogP contribution < -0.4 is 15.8 Å². The fraction of sp³-hybridized carbons (Fsp3) is 0.308. The summed E-state index contributed by atoms with van der Waals surface area (Å²) in [5, 5.41) is 4.58. The molecule has 82 valence electrons. The molecule has 0 radical (unpaired) electrons. The first-order valence-corrected chi connectivity index (χ1v) is 5.22. The number of rotatable bonds is 1. The highest BCUT2D eigenvalue weighted by molar-refractivity contribution is 6.03. The van der Waals surface area contributed by atoms with Crippen molar-refractivity contribution in [2.24, 2.45) is 0 Å². The van der Waals surface area contributed by atoms with Gasteiger partial charge in [0.25, 0.3) is 0 Å². The molecule has 1 amide bonds. The monoisotopic (exact) mass is 205 g/mol. The summed E-state index contributed by atoms with van der Waals surface area (Å²) in [6.45, 7) is 5.95. The molecule has 1 aromatic carbocycles. The van der Waals surface area contributed by atoms with Gasteiger partial charge in [-0.15, -0.1) is 0 Å². The number of nitrogens with one attached hydrogen (secondary N) is 1. The molecule has 0 bridgehead atoms. The van der Waals surface area contributed by atoms with Gasteiger partial charge in [0, 0.05) is 13.1 Å². The van der Waals surface area contributed by atoms with Crippen molar-refractivity contribution in [2.75, 3.05) is 7.05 Å². The highest BCUT2D eigenvalue weighted by Gasteiger charge is 1.89. The van der Waals surface area contributed by atoms with E-state index in [1.807, 2.05) is 51.1 Å². The number of amides is 1. The lowest BCUT2D eigenvalue weighted by atomic mass is 10.2. The lowest BCUT2D eigenvalue weighted by molar-refractivity contribution is -0.114. The number of hydrogen-bond donors (Lipinski definition) is 1. The molecule has 0 atom stereocenters. The summed E-state index contributed by atoms with van der Waals surface area (Å²) in [7, 11) is 1.62. The molecular formula is C13H19NO. The Morgan fingerprint density at radius 1 is 1.20 bits per heavy atom. The van der Waals surface area contributed by atoms with Gasteiger partial charge in [-0.05, 0) is 17.4 Å². The molecule has 0 fully saturated rings. The second-order valence-electron chi connectivity index (χ2n) is 2.68. The van der Waals surface area contributed by atoms with Crippen LogP contribution in [0.15, 0.2) is 24.3 Å². The third kappa shape index (κ3) is 4.45. The molecule has 0 saturated carbocycles. The van der Waals surface area contributed by atoms with Crippen molar-refractivity contribution in [3.05, 3.63) is 34.7 Å². The summed E-state index contributed by atoms with van der Waals surface area (Å²) >= 11 is 0. The summed E-state index contributed by atoms with van der Waals surface area (Å²) in [5.74, 6) is -0.0747. The Bertz CT molecular complexity index is 407. The molecule has 0 aliphatic heterocycles. The quantitative estimate of drug-likeness (QED) is 0.729. The molecule has 1 rings (SSSR count). The van der Waals surface area contributed by atoms with Crippen molar-refractivity contribution in [1.82, 2.24) is 5.32 Å². The van der Waals surface area contributed by atoms with Crippen LogP contribution >= 0.6 is 0 Å². The Labute approximate surface area is 91.3 Å². The largest absolute Gasteiger partial charge is 0.356 e. The van der Waals surface area contributed by atoms with Gasteiger partial charge in [0.15, 0.2) is 0 Å². The van der Waals surface area contributed by atoms with Crippen LogP contribution in [0.2, 0.25) is 0 Å². The molecule has 1 N–H and O–H groups in total. The molecule has 0 saturated heterocycles. The maximum Gasteiger partial charge on any atom is 0.244 e. The molecule has 0 heterocycles. The molecule has 0 aromatic heterocycles. The number of benzene rings is 1. The first-order chi connectivity index (χ1) is 7.27. The Kier molecular flexibility index (Phi) is 6.98. The lowest BCUT2D eigenvalue weighted by Crippen LogP contribution is -2.27. The van der Waals surface area contributed by atoms with E-state index in [1.165, 1.54) is 0 Å². The Hall–Kier alpha value is -1.57. The highest BCUT2D eigenvalue weighted by Crippen LogP contribution is 1.73. The Morgan fingerprint density at radius 2 is 1.73 bits per heavy atom. The fourth-order valence-corrected chi connectivity index (χ4v) is 1.12. The fourth-order valence-electron chi connectivity index (χ4n) is 1.12. The van der Waals surface area contributed by atoms with Gasteiger partial charge < -0.3 is 5.32 Å². The molecule has 0 unspecified atom stereocenters. The molecule has 0 aliphatic carbocycles. The maximum absolute atomic E-state index is 11.1. The van der Waals surface area contributed by atoms with Crippen molar-refractivity contribution in [2.45, 2.75) is 20.8 Å². The SMILES string of the molecule is C/C=c1/cccc/c1=C/C(=O)NC.CC. The van der Waals surface area contributed by atoms with E-state index in [-0.39, 0.29) is 5.91 Å². The van der Waals surface area contributed by atoms with E-state index in [0.717, 1.165) is 10.4 Å². The average Bonchev–Trinajstić information content (AvgIpc) is 2.32. The lowest BCUT2D eigenvalue weighted by Gasteiger charge is -1.91. The zero-order chi connectivity index (χ0) is 11.7. The third-order valence-electron chi connectivity index (χ3n) is 1.84. The van der Waals surface area contributed by atoms with Crippen LogP contribution in [0.4, 0.5) is 0 Å². The van der Waals surface area contributed by atoms with Gasteiger partial charge in [0.2, 0.25) is 5.91 Å². The highest BCUT2D eigenvalue weighted by atomic mass is 16.1. The first-order valence-electron chi connectivity index (χ1n) is 5.22. The van der Waals surface area contributed by atoms with Crippen LogP contribution in [-0.4, -0.2) is 13.0 Å². The van der Waals surface area contributed by atoms with E-state index in [2.05, 4.69) is 5.32 Å². The summed E-state index contributed by atoms with van der Waals surface area (Å²) in [6, 6.07) is 7.78. The summed E-state index contributed by atoms with van der Waals surface area (Å²) < 4.78 is 0. The van der Waals surface area contributed by atoms with Gasteiger partial charge >= 0.3 is 0 Å². The molecule has 0 aliphatic rings. The second-order valence-corrected chi connectivity index (χ2v) is 2.68. The summed E-state index contributed by atoms with van der Waals surface area (Å²) in [5.41, 5.74) is 0. The standard InChI is InChI=1S/C11H13NO.C2H6/c1-3-9-6-4-5-7-10(9)8-11(13)12-2;1-2/h3-8H,1-2H3,(H,12,13);1-2H3/b9-3-,10-8-;. The number of carbonyl (C=O) groups is 1. The van der Waals surface area contributed by atoms with Crippen LogP contribution in [-0.2, 0) is 4.79 Å². The smallest absolute Gasteiger partial charge is 0.244 e. The van der Waals surface area contributed by atoms with E-state index in [9.17, 15) is 4.79 Å². The summed E-state index contributed by atoms with van der Waals surface area (Å²) in [4.78, 5) is 11.1. The zero-order valence-electron chi connectivity index (χ0n) is 9.87. The van der Waals surface area contributed by atoms with Crippen molar-refractivity contribution in [1.29, 1.82) is 0 Å². The van der Waals surface area contributed by atoms with Crippen LogP contribution in [0.5, 0.6) is 0 Å². The third-order valence-corrected chi connectivity index (χ3v) is 1.84. The van der Waals surface area contributed by atoms with E-state index in [0.29, 0.717) is 0 Å². The molecule has 0 spiro atoms. The van der Waals surface area contributed by atoms with Gasteiger partial charge in [-0.2, -0.15) is 0 Å². The first kappa shape index (κ1) is 13.4. The molecular weight excluding hydrogens is 186 g/mol. The second kappa shape index (κ2) is 7.80. The predicted molar refractivity (Wildman–Crippen MR) is 65.7 cm³/mol. The van der Waals surface area contributed by atoms with Crippen LogP contribution in [0.3, 0.4) is 0 Å². The average molecular weight is 205 g/mol. The van der Waals surface area contributed by atoms with Crippen LogP contribution in [0, 0.1) is 0 Å². The van der Waals surface area contributed by atoms with Gasteiger partial charge in [0.1, 0.15) is 0 Å². The topological polar surface area (TPSA) is 29.1 Å². The van der Waals surface area contributed by atoms with E-state index >= 15 is 0 Å². The van der Waals surface area contributed by atoms with E-state index in [1.54, 1.807) is 13.1 Å². The van der Waals surface area contributed by atoms with Gasteiger partial charge in [-0.25, -0.2) is 0 Å². The van der Waals surface area contributed by atoms with Gasteiger partial charge in [-0.3, -0.25) is 4.79 Å². The minimum absolute atomic E-state index is 0.0747. The maximum atomic E-state index is 11.1. The summed E-state index contributed by atoms with van der Waals surface area (Å²) in [6.07, 6.45) is 3.57.